The molecular weight excluding hydrogens is 500 g/mol. The molecule has 1 aliphatic rings. The molecule has 0 atom stereocenters. The van der Waals surface area contributed by atoms with Gasteiger partial charge >= 0.3 is 6.03 Å². The Morgan fingerprint density at radius 2 is 1.38 bits per heavy atom. The molecule has 1 N–H and O–H groups in total. The highest BCUT2D eigenvalue weighted by atomic mass is 16.5. The van der Waals surface area contributed by atoms with Crippen LogP contribution in [0.4, 0.5) is 10.5 Å². The van der Waals surface area contributed by atoms with Gasteiger partial charge in [0.15, 0.2) is 0 Å². The third-order valence-corrected chi connectivity index (χ3v) is 7.20. The van der Waals surface area contributed by atoms with E-state index < -0.39 is 17.8 Å². The van der Waals surface area contributed by atoms with Crippen molar-refractivity contribution in [1.29, 1.82) is 0 Å². The number of imide groups is 2. The van der Waals surface area contributed by atoms with Crippen LogP contribution in [-0.4, -0.2) is 17.8 Å². The molecule has 40 heavy (non-hydrogen) atoms. The number of amides is 4. The van der Waals surface area contributed by atoms with Crippen molar-refractivity contribution in [3.8, 4) is 5.75 Å². The Labute approximate surface area is 231 Å². The average Bonchev–Trinajstić information content (AvgIpc) is 2.98. The van der Waals surface area contributed by atoms with E-state index >= 15 is 0 Å². The maximum Gasteiger partial charge on any atom is 0.335 e. The lowest BCUT2D eigenvalue weighted by atomic mass is 9.99. The van der Waals surface area contributed by atoms with Crippen molar-refractivity contribution in [2.75, 3.05) is 4.90 Å². The molecule has 1 aliphatic heterocycles. The topological polar surface area (TPSA) is 75.7 Å². The van der Waals surface area contributed by atoms with E-state index in [1.807, 2.05) is 79.7 Å². The fourth-order valence-electron chi connectivity index (χ4n) is 5.17. The maximum absolute atomic E-state index is 13.7. The molecule has 0 saturated carbocycles. The second-order valence-electron chi connectivity index (χ2n) is 9.57. The van der Waals surface area contributed by atoms with Crippen LogP contribution in [0.1, 0.15) is 23.6 Å². The monoisotopic (exact) mass is 526 g/mol. The number of carbonyl (C=O) groups is 3. The lowest BCUT2D eigenvalue weighted by molar-refractivity contribution is -0.122. The number of benzene rings is 5. The Balaban J connectivity index is 1.44. The number of barbiturate groups is 1. The van der Waals surface area contributed by atoms with Crippen molar-refractivity contribution in [2.24, 2.45) is 0 Å². The molecule has 0 spiro atoms. The number of rotatable bonds is 6. The van der Waals surface area contributed by atoms with Crippen molar-refractivity contribution in [3.05, 3.63) is 125 Å². The summed E-state index contributed by atoms with van der Waals surface area (Å²) in [6.45, 7) is 2.24. The maximum atomic E-state index is 13.7. The Bertz CT molecular complexity index is 1830. The Hall–Kier alpha value is -5.23. The first-order valence-electron chi connectivity index (χ1n) is 13.2. The number of fused-ring (bicyclic) bond motifs is 2. The molecule has 196 valence electrons. The summed E-state index contributed by atoms with van der Waals surface area (Å²) in [6.07, 6.45) is 2.15. The van der Waals surface area contributed by atoms with Gasteiger partial charge in [0.2, 0.25) is 0 Å². The lowest BCUT2D eigenvalue weighted by Crippen LogP contribution is -2.54. The Morgan fingerprint density at radius 3 is 2.17 bits per heavy atom. The van der Waals surface area contributed by atoms with Gasteiger partial charge in [0.25, 0.3) is 11.8 Å². The summed E-state index contributed by atoms with van der Waals surface area (Å²) in [5.74, 6) is -0.895. The summed E-state index contributed by atoms with van der Waals surface area (Å²) in [4.78, 5) is 40.6. The average molecular weight is 527 g/mol. The number of nitrogens with zero attached hydrogens (tertiary/aromatic N) is 1. The number of ether oxygens (including phenoxy) is 1. The molecule has 1 saturated heterocycles. The lowest BCUT2D eigenvalue weighted by Gasteiger charge is -2.28. The first-order chi connectivity index (χ1) is 19.5. The van der Waals surface area contributed by atoms with Gasteiger partial charge in [-0.05, 0) is 57.3 Å². The zero-order valence-corrected chi connectivity index (χ0v) is 21.9. The molecular formula is C34H26N2O4. The van der Waals surface area contributed by atoms with E-state index in [0.717, 1.165) is 37.6 Å². The summed E-state index contributed by atoms with van der Waals surface area (Å²) < 4.78 is 6.35. The second kappa shape index (κ2) is 10.5. The zero-order chi connectivity index (χ0) is 27.6. The quantitative estimate of drug-likeness (QED) is 0.195. The minimum atomic E-state index is -0.765. The number of carbonyl (C=O) groups excluding carboxylic acids is 3. The normalized spacial score (nSPS) is 14.7. The van der Waals surface area contributed by atoms with Crippen molar-refractivity contribution in [1.82, 2.24) is 5.32 Å². The number of hydrogen-bond donors (Lipinski definition) is 1. The minimum absolute atomic E-state index is 0.142. The van der Waals surface area contributed by atoms with Crippen LogP contribution < -0.4 is 15.0 Å². The first kappa shape index (κ1) is 25.1. The Kier molecular flexibility index (Phi) is 6.58. The molecule has 0 radical (unpaired) electrons. The predicted molar refractivity (Wildman–Crippen MR) is 157 cm³/mol. The molecule has 4 amide bonds. The van der Waals surface area contributed by atoms with Gasteiger partial charge in [-0.2, -0.15) is 0 Å². The number of urea groups is 1. The first-order valence-corrected chi connectivity index (χ1v) is 13.2. The van der Waals surface area contributed by atoms with Gasteiger partial charge in [0.1, 0.15) is 17.9 Å². The highest BCUT2D eigenvalue weighted by Crippen LogP contribution is 2.33. The Morgan fingerprint density at radius 1 is 0.725 bits per heavy atom. The van der Waals surface area contributed by atoms with Gasteiger partial charge in [-0.3, -0.25) is 14.9 Å². The van der Waals surface area contributed by atoms with Crippen LogP contribution in [0.2, 0.25) is 0 Å². The van der Waals surface area contributed by atoms with E-state index in [1.54, 1.807) is 12.1 Å². The second-order valence-corrected chi connectivity index (χ2v) is 9.57. The molecule has 0 bridgehead atoms. The molecule has 6 heteroatoms. The number of aryl methyl sites for hydroxylation is 1. The zero-order valence-electron chi connectivity index (χ0n) is 21.9. The number of anilines is 1. The van der Waals surface area contributed by atoms with E-state index in [0.29, 0.717) is 30.0 Å². The van der Waals surface area contributed by atoms with Crippen molar-refractivity contribution in [2.45, 2.75) is 20.0 Å². The van der Waals surface area contributed by atoms with Crippen molar-refractivity contribution < 1.29 is 19.1 Å². The number of hydrogen-bond acceptors (Lipinski definition) is 4. The molecule has 6 nitrogen and oxygen atoms in total. The molecule has 5 aromatic rings. The SMILES string of the molecule is CCc1ccccc1N1C(=O)NC(=O)/C(=C/c2c(OCc3cccc4ccccc34)ccc3ccccc23)C1=O. The van der Waals surface area contributed by atoms with Crippen LogP contribution in [0, 0.1) is 0 Å². The van der Waals surface area contributed by atoms with Gasteiger partial charge in [0.05, 0.1) is 5.69 Å². The fraction of sp³-hybridized carbons (Fsp3) is 0.0882. The highest BCUT2D eigenvalue weighted by Gasteiger charge is 2.37. The molecule has 0 unspecified atom stereocenters. The summed E-state index contributed by atoms with van der Waals surface area (Å²) in [7, 11) is 0. The van der Waals surface area contributed by atoms with Crippen LogP contribution in [0.15, 0.2) is 109 Å². The van der Waals surface area contributed by atoms with Crippen LogP contribution >= 0.6 is 0 Å². The van der Waals surface area contributed by atoms with Crippen molar-refractivity contribution >= 4 is 51.2 Å². The third-order valence-electron chi connectivity index (χ3n) is 7.20. The van der Waals surface area contributed by atoms with E-state index in [2.05, 4.69) is 23.5 Å². The fourth-order valence-corrected chi connectivity index (χ4v) is 5.17. The van der Waals surface area contributed by atoms with Crippen molar-refractivity contribution in [3.63, 3.8) is 0 Å². The van der Waals surface area contributed by atoms with Gasteiger partial charge < -0.3 is 4.74 Å². The van der Waals surface area contributed by atoms with E-state index in [9.17, 15) is 14.4 Å². The largest absolute Gasteiger partial charge is 0.488 e. The molecule has 1 fully saturated rings. The molecule has 5 aromatic carbocycles. The van der Waals surface area contributed by atoms with Gasteiger partial charge in [-0.15, -0.1) is 0 Å². The van der Waals surface area contributed by atoms with E-state index in [1.165, 1.54) is 6.08 Å². The third kappa shape index (κ3) is 4.50. The number of para-hydroxylation sites is 1. The summed E-state index contributed by atoms with van der Waals surface area (Å²) >= 11 is 0. The van der Waals surface area contributed by atoms with Crippen LogP contribution in [-0.2, 0) is 22.6 Å². The highest BCUT2D eigenvalue weighted by molar-refractivity contribution is 6.39. The van der Waals surface area contributed by atoms with Gasteiger partial charge in [-0.1, -0.05) is 97.9 Å². The van der Waals surface area contributed by atoms with Crippen LogP contribution in [0.3, 0.4) is 0 Å². The molecule has 1 heterocycles. The van der Waals surface area contributed by atoms with Gasteiger partial charge in [-0.25, -0.2) is 9.69 Å². The van der Waals surface area contributed by atoms with Gasteiger partial charge in [0, 0.05) is 5.56 Å². The minimum Gasteiger partial charge on any atom is -0.488 e. The van der Waals surface area contributed by atoms with E-state index in [4.69, 9.17) is 4.74 Å². The van der Waals surface area contributed by atoms with Crippen LogP contribution in [0.25, 0.3) is 27.6 Å². The van der Waals surface area contributed by atoms with E-state index in [-0.39, 0.29) is 5.57 Å². The summed E-state index contributed by atoms with van der Waals surface area (Å²) in [5, 5.41) is 6.31. The predicted octanol–water partition coefficient (Wildman–Crippen LogP) is 6.80. The van der Waals surface area contributed by atoms with Crippen LogP contribution in [0.5, 0.6) is 5.75 Å². The number of nitrogens with one attached hydrogen (secondary N) is 1. The summed E-state index contributed by atoms with van der Waals surface area (Å²) in [5.41, 5.74) is 2.75. The standard InChI is InChI=1S/C34H26N2O4/c1-2-22-10-5-8-17-30(22)36-33(38)29(32(37)35-34(36)39)20-28-27-16-7-4-12-24(27)18-19-31(28)40-21-25-14-9-13-23-11-3-6-15-26(23)25/h3-20H,2,21H2,1H3,(H,35,37,39)/b29-20-. The molecule has 6 rings (SSSR count). The smallest absolute Gasteiger partial charge is 0.335 e. The summed E-state index contributed by atoms with van der Waals surface area (Å²) in [6, 6.07) is 32.1. The molecule has 0 aliphatic carbocycles. The molecule has 0 aromatic heterocycles.